The first-order valence-corrected chi connectivity index (χ1v) is 6.40. The maximum atomic E-state index is 11.2. The fraction of sp³-hybridized carbons (Fsp3) is 0.462. The van der Waals surface area contributed by atoms with Crippen LogP contribution in [0.2, 0.25) is 0 Å². The Hall–Kier alpha value is -2.15. The molecule has 7 nitrogen and oxygen atoms in total. The van der Waals surface area contributed by atoms with Crippen LogP contribution >= 0.6 is 0 Å². The molecule has 1 atom stereocenters. The molecule has 1 heterocycles. The molecule has 7 heteroatoms. The topological polar surface area (TPSA) is 92.9 Å². The summed E-state index contributed by atoms with van der Waals surface area (Å²) >= 11 is 0. The van der Waals surface area contributed by atoms with Gasteiger partial charge in [0.15, 0.2) is 0 Å². The summed E-state index contributed by atoms with van der Waals surface area (Å²) in [6.45, 7) is 3.82. The third-order valence-corrected chi connectivity index (χ3v) is 3.44. The average molecular weight is 280 g/mol. The van der Waals surface area contributed by atoms with E-state index in [2.05, 4.69) is 0 Å². The van der Waals surface area contributed by atoms with Gasteiger partial charge in [-0.2, -0.15) is 0 Å². The Morgan fingerprint density at radius 1 is 1.60 bits per heavy atom. The highest BCUT2D eigenvalue weighted by molar-refractivity contribution is 5.93. The molecule has 0 amide bonds. The molecule has 0 bridgehead atoms. The normalized spacial score (nSPS) is 18.9. The zero-order valence-corrected chi connectivity index (χ0v) is 11.1. The summed E-state index contributed by atoms with van der Waals surface area (Å²) in [5.41, 5.74) is 0.0135. The van der Waals surface area contributed by atoms with E-state index in [1.54, 1.807) is 6.07 Å². The quantitative estimate of drug-likeness (QED) is 0.669. The second kappa shape index (κ2) is 5.87. The molecule has 108 valence electrons. The summed E-state index contributed by atoms with van der Waals surface area (Å²) in [5, 5.41) is 20.0. The van der Waals surface area contributed by atoms with Crippen molar-refractivity contribution in [3.63, 3.8) is 0 Å². The van der Waals surface area contributed by atoms with Gasteiger partial charge in [0.2, 0.25) is 0 Å². The predicted molar refractivity (Wildman–Crippen MR) is 72.3 cm³/mol. The molecule has 1 saturated heterocycles. The van der Waals surface area contributed by atoms with E-state index in [4.69, 9.17) is 9.84 Å². The van der Waals surface area contributed by atoms with E-state index in [0.29, 0.717) is 25.4 Å². The number of carboxylic acids is 1. The number of benzene rings is 1. The Labute approximate surface area is 115 Å². The van der Waals surface area contributed by atoms with Crippen molar-refractivity contribution in [2.45, 2.75) is 19.4 Å². The van der Waals surface area contributed by atoms with E-state index in [0.717, 1.165) is 6.42 Å². The third-order valence-electron chi connectivity index (χ3n) is 3.44. The Bertz CT molecular complexity index is 531. The van der Waals surface area contributed by atoms with Crippen LogP contribution < -0.4 is 4.90 Å². The molecule has 0 saturated carbocycles. The lowest BCUT2D eigenvalue weighted by Gasteiger charge is -2.37. The number of nitro benzene ring substituents is 1. The van der Waals surface area contributed by atoms with E-state index in [1.807, 2.05) is 11.8 Å². The van der Waals surface area contributed by atoms with Crippen molar-refractivity contribution in [2.75, 3.05) is 24.7 Å². The third kappa shape index (κ3) is 2.72. The maximum Gasteiger partial charge on any atom is 0.342 e. The van der Waals surface area contributed by atoms with Crippen molar-refractivity contribution >= 4 is 17.3 Å². The molecule has 1 fully saturated rings. The van der Waals surface area contributed by atoms with Crippen LogP contribution in [0.3, 0.4) is 0 Å². The molecule has 0 spiro atoms. The molecule has 0 radical (unpaired) electrons. The number of nitro groups is 1. The van der Waals surface area contributed by atoms with Gasteiger partial charge in [0, 0.05) is 18.3 Å². The minimum atomic E-state index is -1.29. The Morgan fingerprint density at radius 2 is 2.35 bits per heavy atom. The molecule has 20 heavy (non-hydrogen) atoms. The van der Waals surface area contributed by atoms with Crippen LogP contribution in [0.25, 0.3) is 0 Å². The van der Waals surface area contributed by atoms with Crippen molar-refractivity contribution in [3.8, 4) is 0 Å². The molecule has 1 N–H and O–H groups in total. The molecule has 1 unspecified atom stereocenters. The summed E-state index contributed by atoms with van der Waals surface area (Å²) in [6, 6.07) is 4.38. The van der Waals surface area contributed by atoms with Crippen LogP contribution in [0.1, 0.15) is 23.7 Å². The van der Waals surface area contributed by atoms with Gasteiger partial charge in [-0.05, 0) is 18.6 Å². The lowest BCUT2D eigenvalue weighted by atomic mass is 10.1. The Kier molecular flexibility index (Phi) is 4.19. The number of hydrogen-bond donors (Lipinski definition) is 1. The fourth-order valence-corrected chi connectivity index (χ4v) is 2.37. The van der Waals surface area contributed by atoms with Crippen LogP contribution in [0.15, 0.2) is 18.2 Å². The van der Waals surface area contributed by atoms with E-state index >= 15 is 0 Å². The van der Waals surface area contributed by atoms with Gasteiger partial charge < -0.3 is 14.7 Å². The first-order chi connectivity index (χ1) is 9.54. The van der Waals surface area contributed by atoms with Gasteiger partial charge in [0.05, 0.1) is 24.2 Å². The first-order valence-electron chi connectivity index (χ1n) is 6.40. The van der Waals surface area contributed by atoms with E-state index in [1.165, 1.54) is 12.1 Å². The average Bonchev–Trinajstić information content (AvgIpc) is 2.46. The fourth-order valence-electron chi connectivity index (χ4n) is 2.37. The second-order valence-electron chi connectivity index (χ2n) is 4.59. The lowest BCUT2D eigenvalue weighted by Crippen LogP contribution is -2.45. The highest BCUT2D eigenvalue weighted by Crippen LogP contribution is 2.28. The van der Waals surface area contributed by atoms with Crippen molar-refractivity contribution in [3.05, 3.63) is 33.9 Å². The summed E-state index contributed by atoms with van der Waals surface area (Å²) < 4.78 is 5.40. The summed E-state index contributed by atoms with van der Waals surface area (Å²) in [4.78, 5) is 23.4. The minimum absolute atomic E-state index is 0.159. The number of carbonyl (C=O) groups is 1. The number of nitrogens with zero attached hydrogens (tertiary/aromatic N) is 2. The Balaban J connectivity index is 2.39. The van der Waals surface area contributed by atoms with Gasteiger partial charge in [0.25, 0.3) is 5.69 Å². The number of aromatic carboxylic acids is 1. The monoisotopic (exact) mass is 280 g/mol. The molecule has 1 aliphatic heterocycles. The first kappa shape index (κ1) is 14.3. The van der Waals surface area contributed by atoms with Crippen molar-refractivity contribution in [2.24, 2.45) is 0 Å². The standard InChI is InChI=1S/C13H16N2O5/c1-2-9-8-20-6-5-14(9)10-3-4-12(15(18)19)11(7-10)13(16)17/h3-4,7,9H,2,5-6,8H2,1H3,(H,16,17). The van der Waals surface area contributed by atoms with Gasteiger partial charge in [-0.25, -0.2) is 4.79 Å². The van der Waals surface area contributed by atoms with Crippen LogP contribution in [0, 0.1) is 10.1 Å². The molecule has 2 rings (SSSR count). The molecular weight excluding hydrogens is 264 g/mol. The lowest BCUT2D eigenvalue weighted by molar-refractivity contribution is -0.385. The van der Waals surface area contributed by atoms with Gasteiger partial charge in [0.1, 0.15) is 5.56 Å². The van der Waals surface area contributed by atoms with Gasteiger partial charge in [-0.1, -0.05) is 6.92 Å². The number of hydrogen-bond acceptors (Lipinski definition) is 5. The molecule has 0 aromatic heterocycles. The highest BCUT2D eigenvalue weighted by Gasteiger charge is 2.25. The SMILES string of the molecule is CCC1COCCN1c1ccc([N+](=O)[O-])c(C(=O)O)c1. The number of morpholine rings is 1. The van der Waals surface area contributed by atoms with Crippen molar-refractivity contribution in [1.82, 2.24) is 0 Å². The van der Waals surface area contributed by atoms with E-state index < -0.39 is 10.9 Å². The van der Waals surface area contributed by atoms with Crippen LogP contribution in [0.5, 0.6) is 0 Å². The van der Waals surface area contributed by atoms with Crippen LogP contribution in [-0.2, 0) is 4.74 Å². The van der Waals surface area contributed by atoms with Gasteiger partial charge >= 0.3 is 5.97 Å². The zero-order valence-electron chi connectivity index (χ0n) is 11.1. The minimum Gasteiger partial charge on any atom is -0.477 e. The number of rotatable bonds is 4. The number of anilines is 1. The maximum absolute atomic E-state index is 11.2. The summed E-state index contributed by atoms with van der Waals surface area (Å²) in [7, 11) is 0. The van der Waals surface area contributed by atoms with Crippen molar-refractivity contribution in [1.29, 1.82) is 0 Å². The zero-order chi connectivity index (χ0) is 14.7. The predicted octanol–water partition coefficient (Wildman–Crippen LogP) is 1.91. The van der Waals surface area contributed by atoms with Gasteiger partial charge in [-0.15, -0.1) is 0 Å². The van der Waals surface area contributed by atoms with Gasteiger partial charge in [-0.3, -0.25) is 10.1 Å². The second-order valence-corrected chi connectivity index (χ2v) is 4.59. The molecule has 1 aliphatic rings. The van der Waals surface area contributed by atoms with Crippen molar-refractivity contribution < 1.29 is 19.6 Å². The van der Waals surface area contributed by atoms with Crippen LogP contribution in [-0.4, -0.2) is 41.8 Å². The van der Waals surface area contributed by atoms with Crippen LogP contribution in [0.4, 0.5) is 11.4 Å². The molecule has 0 aliphatic carbocycles. The summed E-state index contributed by atoms with van der Waals surface area (Å²) in [6.07, 6.45) is 0.861. The highest BCUT2D eigenvalue weighted by atomic mass is 16.6. The summed E-state index contributed by atoms with van der Waals surface area (Å²) in [5.74, 6) is -1.29. The largest absolute Gasteiger partial charge is 0.477 e. The van der Waals surface area contributed by atoms with E-state index in [-0.39, 0.29) is 17.3 Å². The number of carboxylic acid groups (broad SMARTS) is 1. The molecule has 1 aromatic rings. The molecule has 1 aromatic carbocycles. The Morgan fingerprint density at radius 3 is 2.95 bits per heavy atom. The van der Waals surface area contributed by atoms with E-state index in [9.17, 15) is 14.9 Å². The number of ether oxygens (including phenoxy) is 1. The smallest absolute Gasteiger partial charge is 0.342 e. The molecular formula is C13H16N2O5.